The van der Waals surface area contributed by atoms with E-state index >= 15 is 0 Å². The molecule has 0 aliphatic rings. The number of nitrogens with zero attached hydrogens (tertiary/aromatic N) is 4. The van der Waals surface area contributed by atoms with Crippen LogP contribution in [0.15, 0.2) is 6.20 Å². The van der Waals surface area contributed by atoms with Crippen LogP contribution >= 0.6 is 0 Å². The third-order valence-electron chi connectivity index (χ3n) is 2.08. The Labute approximate surface area is 138 Å². The number of hydrogen-bond acceptors (Lipinski definition) is 5. The summed E-state index contributed by atoms with van der Waals surface area (Å²) in [6.45, 7) is 13.8. The van der Waals surface area contributed by atoms with Crippen molar-refractivity contribution < 1.29 is 6.22 Å². The molecule has 0 saturated carbocycles. The SMILES string of the molecule is CC.CC.CC(=O)CN(C)C.CCc1cn(CCCN)nn1.[HH]. The highest BCUT2D eigenvalue weighted by Gasteiger charge is 1.95. The number of carbonyl (C=O) groups excluding carboxylic acids is 1. The number of likely N-dealkylation sites (N-methyl/N-ethyl adjacent to an activating group) is 1. The Morgan fingerprint density at radius 3 is 2.14 bits per heavy atom. The van der Waals surface area contributed by atoms with Gasteiger partial charge >= 0.3 is 0 Å². The van der Waals surface area contributed by atoms with E-state index in [9.17, 15) is 4.79 Å². The molecule has 6 nitrogen and oxygen atoms in total. The van der Waals surface area contributed by atoms with Crippen molar-refractivity contribution in [1.82, 2.24) is 19.9 Å². The lowest BCUT2D eigenvalue weighted by molar-refractivity contribution is -0.117. The molecule has 1 aromatic heterocycles. The van der Waals surface area contributed by atoms with Crippen LogP contribution in [0.4, 0.5) is 0 Å². The molecule has 0 amide bonds. The molecule has 0 bridgehead atoms. The second-order valence-corrected chi connectivity index (χ2v) is 4.41. The normalized spacial score (nSPS) is 8.82. The number of ketones is 1. The average molecular weight is 318 g/mol. The van der Waals surface area contributed by atoms with Gasteiger partial charge < -0.3 is 10.6 Å². The van der Waals surface area contributed by atoms with E-state index in [-0.39, 0.29) is 7.21 Å². The zero-order valence-electron chi connectivity index (χ0n) is 15.9. The molecule has 134 valence electrons. The fourth-order valence-corrected chi connectivity index (χ4v) is 1.31. The summed E-state index contributed by atoms with van der Waals surface area (Å²) in [6, 6.07) is 0. The summed E-state index contributed by atoms with van der Waals surface area (Å²) >= 11 is 0. The molecule has 1 aromatic rings. The highest BCUT2D eigenvalue weighted by molar-refractivity contribution is 5.77. The zero-order valence-corrected chi connectivity index (χ0v) is 15.9. The molecule has 1 heterocycles. The summed E-state index contributed by atoms with van der Waals surface area (Å²) < 4.78 is 1.84. The van der Waals surface area contributed by atoms with Crippen molar-refractivity contribution in [3.8, 4) is 0 Å². The van der Waals surface area contributed by atoms with Gasteiger partial charge in [0.15, 0.2) is 0 Å². The smallest absolute Gasteiger partial charge is 0.143 e. The maximum absolute atomic E-state index is 10.2. The van der Waals surface area contributed by atoms with E-state index in [0.29, 0.717) is 13.1 Å². The Balaban J connectivity index is -0.000000132. The highest BCUT2D eigenvalue weighted by atomic mass is 16.1. The van der Waals surface area contributed by atoms with E-state index in [0.717, 1.165) is 25.1 Å². The Morgan fingerprint density at radius 1 is 1.32 bits per heavy atom. The van der Waals surface area contributed by atoms with Crippen LogP contribution in [-0.2, 0) is 17.8 Å². The van der Waals surface area contributed by atoms with Gasteiger partial charge in [-0.1, -0.05) is 39.8 Å². The van der Waals surface area contributed by atoms with E-state index in [4.69, 9.17) is 5.73 Å². The fourth-order valence-electron chi connectivity index (χ4n) is 1.31. The van der Waals surface area contributed by atoms with Gasteiger partial charge in [-0.2, -0.15) is 0 Å². The van der Waals surface area contributed by atoms with E-state index in [1.807, 2.05) is 57.6 Å². The summed E-state index contributed by atoms with van der Waals surface area (Å²) in [5.74, 6) is 0.213. The van der Waals surface area contributed by atoms with E-state index < -0.39 is 0 Å². The van der Waals surface area contributed by atoms with Gasteiger partial charge in [0.1, 0.15) is 5.78 Å². The number of Topliss-reactive ketones (excluding diaryl/α,β-unsaturated/α-hetero) is 1. The molecule has 0 unspecified atom stereocenters. The summed E-state index contributed by atoms with van der Waals surface area (Å²) in [6.07, 6.45) is 3.88. The van der Waals surface area contributed by atoms with Gasteiger partial charge in [0.25, 0.3) is 0 Å². The molecule has 0 aromatic carbocycles. The predicted octanol–water partition coefficient (Wildman–Crippen LogP) is 2.62. The first kappa shape index (κ1) is 25.7. The van der Waals surface area contributed by atoms with Gasteiger partial charge in [0, 0.05) is 14.2 Å². The van der Waals surface area contributed by atoms with Crippen LogP contribution in [0, 0.1) is 0 Å². The van der Waals surface area contributed by atoms with Gasteiger partial charge in [-0.05, 0) is 40.4 Å². The van der Waals surface area contributed by atoms with Crippen molar-refractivity contribution >= 4 is 5.78 Å². The number of carbonyl (C=O) groups is 1. The second kappa shape index (κ2) is 19.7. The first-order valence-corrected chi connectivity index (χ1v) is 8.22. The van der Waals surface area contributed by atoms with Crippen molar-refractivity contribution in [3.63, 3.8) is 0 Å². The standard InChI is InChI=1S/C7H14N4.C5H11NO.2C2H6.H2/c1-2-7-6-11(10-9-7)5-3-4-8;1-5(7)4-6(2)3;2*1-2;/h6H,2-5,8H2,1H3;4H2,1-3H3;2*1-2H3;1H. The van der Waals surface area contributed by atoms with Crippen LogP contribution in [-0.4, -0.2) is 52.9 Å². The van der Waals surface area contributed by atoms with Gasteiger partial charge in [0.05, 0.1) is 12.2 Å². The van der Waals surface area contributed by atoms with Crippen molar-refractivity contribution in [2.75, 3.05) is 27.2 Å². The summed E-state index contributed by atoms with van der Waals surface area (Å²) in [5.41, 5.74) is 6.40. The van der Waals surface area contributed by atoms with E-state index in [2.05, 4.69) is 17.2 Å². The largest absolute Gasteiger partial charge is 0.330 e. The second-order valence-electron chi connectivity index (χ2n) is 4.41. The summed E-state index contributed by atoms with van der Waals surface area (Å²) in [5, 5.41) is 7.90. The number of rotatable bonds is 6. The third-order valence-corrected chi connectivity index (χ3v) is 2.08. The minimum atomic E-state index is 0. The topological polar surface area (TPSA) is 77.0 Å². The monoisotopic (exact) mass is 317 g/mol. The molecule has 0 spiro atoms. The lowest BCUT2D eigenvalue weighted by Crippen LogP contribution is -2.18. The first-order chi connectivity index (χ1) is 10.5. The molecule has 0 atom stereocenters. The van der Waals surface area contributed by atoms with Crippen molar-refractivity contribution in [1.29, 1.82) is 0 Å². The molecule has 6 heteroatoms. The molecule has 0 aliphatic carbocycles. The van der Waals surface area contributed by atoms with E-state index in [1.54, 1.807) is 6.92 Å². The van der Waals surface area contributed by atoms with Crippen LogP contribution in [0.1, 0.15) is 55.1 Å². The molecule has 22 heavy (non-hydrogen) atoms. The lowest BCUT2D eigenvalue weighted by Gasteiger charge is -2.03. The van der Waals surface area contributed by atoms with Gasteiger partial charge in [0.2, 0.25) is 0 Å². The Kier molecular flexibility index (Phi) is 23.0. The van der Waals surface area contributed by atoms with Crippen LogP contribution in [0.3, 0.4) is 0 Å². The molecule has 2 N–H and O–H groups in total. The van der Waals surface area contributed by atoms with Crippen LogP contribution in [0.25, 0.3) is 0 Å². The molecule has 0 fully saturated rings. The minimum absolute atomic E-state index is 0. The summed E-state index contributed by atoms with van der Waals surface area (Å²) in [7, 11) is 3.75. The predicted molar refractivity (Wildman–Crippen MR) is 97.1 cm³/mol. The van der Waals surface area contributed by atoms with Gasteiger partial charge in [-0.3, -0.25) is 9.48 Å². The van der Waals surface area contributed by atoms with E-state index in [1.165, 1.54) is 0 Å². The first-order valence-electron chi connectivity index (χ1n) is 8.22. The number of hydrogen-bond donors (Lipinski definition) is 1. The third kappa shape index (κ3) is 18.7. The minimum Gasteiger partial charge on any atom is -0.330 e. The van der Waals surface area contributed by atoms with Crippen LogP contribution in [0.2, 0.25) is 0 Å². The molecular formula is C16H39N5O. The lowest BCUT2D eigenvalue weighted by atomic mass is 10.4. The number of aryl methyl sites for hydroxylation is 2. The zero-order chi connectivity index (χ0) is 18.0. The maximum atomic E-state index is 10.2. The fraction of sp³-hybridized carbons (Fsp3) is 0.812. The van der Waals surface area contributed by atoms with Crippen molar-refractivity contribution in [2.45, 2.75) is 60.9 Å². The number of aromatic nitrogens is 3. The van der Waals surface area contributed by atoms with Crippen LogP contribution < -0.4 is 5.73 Å². The number of nitrogens with two attached hydrogens (primary N) is 1. The average Bonchev–Trinajstić information content (AvgIpc) is 2.96. The van der Waals surface area contributed by atoms with Crippen molar-refractivity contribution in [3.05, 3.63) is 11.9 Å². The van der Waals surface area contributed by atoms with Gasteiger partial charge in [-0.25, -0.2) is 0 Å². The van der Waals surface area contributed by atoms with Crippen molar-refractivity contribution in [2.24, 2.45) is 5.73 Å². The maximum Gasteiger partial charge on any atom is 0.143 e. The Bertz CT molecular complexity index is 343. The Hall–Kier alpha value is -1.27. The molecule has 1 rings (SSSR count). The highest BCUT2D eigenvalue weighted by Crippen LogP contribution is 1.93. The molecule has 0 aliphatic heterocycles. The van der Waals surface area contributed by atoms with Gasteiger partial charge in [-0.15, -0.1) is 5.10 Å². The Morgan fingerprint density at radius 2 is 1.86 bits per heavy atom. The molecule has 0 saturated heterocycles. The summed E-state index contributed by atoms with van der Waals surface area (Å²) in [4.78, 5) is 12.1. The quantitative estimate of drug-likeness (QED) is 0.872. The molecular weight excluding hydrogens is 278 g/mol. The molecule has 0 radical (unpaired) electrons. The van der Waals surface area contributed by atoms with Crippen LogP contribution in [0.5, 0.6) is 0 Å².